The number of likely N-dealkylation sites (tertiary alicyclic amines) is 1. The molecule has 0 spiro atoms. The molecule has 1 aromatic carbocycles. The summed E-state index contributed by atoms with van der Waals surface area (Å²) in [7, 11) is 0. The van der Waals surface area contributed by atoms with Crippen molar-refractivity contribution in [2.45, 2.75) is 13.0 Å². The number of aliphatic hydroxyl groups is 1. The Morgan fingerprint density at radius 1 is 1.39 bits per heavy atom. The molecule has 1 aromatic heterocycles. The highest BCUT2D eigenvalue weighted by atomic mass is 16.3. The van der Waals surface area contributed by atoms with E-state index in [0.29, 0.717) is 19.5 Å². The molecular formula is C14H16N2O2. The molecular weight excluding hydrogens is 228 g/mol. The topological polar surface area (TPSA) is 56.3 Å². The fourth-order valence-electron chi connectivity index (χ4n) is 2.60. The molecule has 1 atom stereocenters. The lowest BCUT2D eigenvalue weighted by Gasteiger charge is -2.15. The normalized spacial score (nSPS) is 19.9. The van der Waals surface area contributed by atoms with Crippen LogP contribution >= 0.6 is 0 Å². The molecule has 4 nitrogen and oxygen atoms in total. The average molecular weight is 244 g/mol. The van der Waals surface area contributed by atoms with Crippen molar-refractivity contribution in [1.29, 1.82) is 0 Å². The van der Waals surface area contributed by atoms with Gasteiger partial charge >= 0.3 is 0 Å². The Kier molecular flexibility index (Phi) is 2.80. The number of H-pyrrole nitrogens is 1. The van der Waals surface area contributed by atoms with E-state index in [2.05, 4.69) is 11.1 Å². The third-order valence-corrected chi connectivity index (χ3v) is 3.59. The summed E-state index contributed by atoms with van der Waals surface area (Å²) in [4.78, 5) is 16.9. The third kappa shape index (κ3) is 1.88. The Balaban J connectivity index is 1.83. The van der Waals surface area contributed by atoms with Crippen molar-refractivity contribution < 1.29 is 9.90 Å². The van der Waals surface area contributed by atoms with Crippen molar-refractivity contribution >= 4 is 16.8 Å². The standard InChI is InChI=1S/C14H16N2O2/c17-9-10-5-14(18)16(7-10)8-11-6-15-13-4-2-1-3-12(11)13/h1-4,6,10,15,17H,5,7-9H2. The molecule has 1 aliphatic heterocycles. The predicted octanol–water partition coefficient (Wildman–Crippen LogP) is 1.51. The highest BCUT2D eigenvalue weighted by molar-refractivity contribution is 5.84. The lowest BCUT2D eigenvalue weighted by atomic mass is 10.1. The zero-order chi connectivity index (χ0) is 12.5. The van der Waals surface area contributed by atoms with Crippen molar-refractivity contribution in [2.24, 2.45) is 5.92 Å². The molecule has 18 heavy (non-hydrogen) atoms. The van der Waals surface area contributed by atoms with Gasteiger partial charge in [0, 0.05) is 49.1 Å². The molecule has 94 valence electrons. The van der Waals surface area contributed by atoms with E-state index >= 15 is 0 Å². The molecule has 0 aliphatic carbocycles. The molecule has 4 heteroatoms. The summed E-state index contributed by atoms with van der Waals surface area (Å²) in [5.74, 6) is 0.238. The SMILES string of the molecule is O=C1CC(CO)CN1Cc1c[nH]c2ccccc12. The molecule has 2 aromatic rings. The second-order valence-corrected chi connectivity index (χ2v) is 4.89. The molecule has 1 aliphatic rings. The first-order valence-electron chi connectivity index (χ1n) is 6.21. The number of hydrogen-bond acceptors (Lipinski definition) is 2. The van der Waals surface area contributed by atoms with Crippen molar-refractivity contribution in [3.05, 3.63) is 36.0 Å². The number of para-hydroxylation sites is 1. The number of amides is 1. The predicted molar refractivity (Wildman–Crippen MR) is 68.9 cm³/mol. The number of rotatable bonds is 3. The van der Waals surface area contributed by atoms with Crippen LogP contribution in [-0.4, -0.2) is 34.0 Å². The van der Waals surface area contributed by atoms with Gasteiger partial charge in [-0.2, -0.15) is 0 Å². The van der Waals surface area contributed by atoms with Gasteiger partial charge in [0.25, 0.3) is 0 Å². The monoisotopic (exact) mass is 244 g/mol. The van der Waals surface area contributed by atoms with Gasteiger partial charge in [-0.25, -0.2) is 0 Å². The van der Waals surface area contributed by atoms with Crippen molar-refractivity contribution in [2.75, 3.05) is 13.2 Å². The van der Waals surface area contributed by atoms with Gasteiger partial charge in [-0.05, 0) is 11.6 Å². The molecule has 0 radical (unpaired) electrons. The maximum Gasteiger partial charge on any atom is 0.223 e. The van der Waals surface area contributed by atoms with Crippen LogP contribution in [0.1, 0.15) is 12.0 Å². The Morgan fingerprint density at radius 2 is 2.22 bits per heavy atom. The van der Waals surface area contributed by atoms with Gasteiger partial charge < -0.3 is 15.0 Å². The number of aromatic amines is 1. The van der Waals surface area contributed by atoms with Crippen LogP contribution in [-0.2, 0) is 11.3 Å². The highest BCUT2D eigenvalue weighted by Crippen LogP contribution is 2.23. The summed E-state index contributed by atoms with van der Waals surface area (Å²) in [6.45, 7) is 1.38. The fraction of sp³-hybridized carbons (Fsp3) is 0.357. The number of carbonyl (C=O) groups excluding carboxylic acids is 1. The largest absolute Gasteiger partial charge is 0.396 e. The maximum atomic E-state index is 11.8. The zero-order valence-corrected chi connectivity index (χ0v) is 10.1. The first kappa shape index (κ1) is 11.3. The van der Waals surface area contributed by atoms with Gasteiger partial charge in [-0.15, -0.1) is 0 Å². The minimum atomic E-state index is 0.0934. The molecule has 1 unspecified atom stereocenters. The van der Waals surface area contributed by atoms with Gasteiger partial charge in [0.15, 0.2) is 0 Å². The number of aromatic nitrogens is 1. The number of carbonyl (C=O) groups is 1. The average Bonchev–Trinajstić information content (AvgIpc) is 2.95. The van der Waals surface area contributed by atoms with E-state index in [0.717, 1.165) is 16.5 Å². The molecule has 3 rings (SSSR count). The molecule has 1 saturated heterocycles. The fourth-order valence-corrected chi connectivity index (χ4v) is 2.60. The summed E-state index contributed by atoms with van der Waals surface area (Å²) >= 11 is 0. The summed E-state index contributed by atoms with van der Waals surface area (Å²) in [5.41, 5.74) is 2.23. The van der Waals surface area contributed by atoms with Crippen LogP contribution in [0.3, 0.4) is 0 Å². The summed E-state index contributed by atoms with van der Waals surface area (Å²) in [5, 5.41) is 10.3. The van der Waals surface area contributed by atoms with Gasteiger partial charge in [-0.3, -0.25) is 4.79 Å². The molecule has 2 N–H and O–H groups in total. The van der Waals surface area contributed by atoms with Crippen LogP contribution in [0.25, 0.3) is 10.9 Å². The first-order valence-corrected chi connectivity index (χ1v) is 6.21. The summed E-state index contributed by atoms with van der Waals surface area (Å²) < 4.78 is 0. The number of nitrogens with zero attached hydrogens (tertiary/aromatic N) is 1. The van der Waals surface area contributed by atoms with E-state index in [1.54, 1.807) is 0 Å². The number of nitrogens with one attached hydrogen (secondary N) is 1. The Morgan fingerprint density at radius 3 is 3.00 bits per heavy atom. The molecule has 0 saturated carbocycles. The van der Waals surface area contributed by atoms with Crippen LogP contribution in [0.2, 0.25) is 0 Å². The number of benzene rings is 1. The minimum absolute atomic E-state index is 0.0934. The lowest BCUT2D eigenvalue weighted by molar-refractivity contribution is -0.128. The first-order chi connectivity index (χ1) is 8.78. The van der Waals surface area contributed by atoms with Crippen LogP contribution < -0.4 is 0 Å². The van der Waals surface area contributed by atoms with Crippen molar-refractivity contribution in [1.82, 2.24) is 9.88 Å². The van der Waals surface area contributed by atoms with Crippen molar-refractivity contribution in [3.63, 3.8) is 0 Å². The Hall–Kier alpha value is -1.81. The van der Waals surface area contributed by atoms with E-state index in [4.69, 9.17) is 5.11 Å². The molecule has 2 heterocycles. The third-order valence-electron chi connectivity index (χ3n) is 3.59. The van der Waals surface area contributed by atoms with Crippen LogP contribution in [0.15, 0.2) is 30.5 Å². The van der Waals surface area contributed by atoms with E-state index in [9.17, 15) is 4.79 Å². The molecule has 1 amide bonds. The van der Waals surface area contributed by atoms with Gasteiger partial charge in [0.2, 0.25) is 5.91 Å². The van der Waals surface area contributed by atoms with Crippen molar-refractivity contribution in [3.8, 4) is 0 Å². The van der Waals surface area contributed by atoms with E-state index < -0.39 is 0 Å². The van der Waals surface area contributed by atoms with Gasteiger partial charge in [-0.1, -0.05) is 18.2 Å². The second kappa shape index (κ2) is 4.46. The number of hydrogen-bond donors (Lipinski definition) is 2. The van der Waals surface area contributed by atoms with E-state index in [1.165, 1.54) is 0 Å². The van der Waals surface area contributed by atoms with Crippen LogP contribution in [0.5, 0.6) is 0 Å². The van der Waals surface area contributed by atoms with E-state index in [1.807, 2.05) is 29.3 Å². The summed E-state index contributed by atoms with van der Waals surface area (Å²) in [6.07, 6.45) is 2.43. The lowest BCUT2D eigenvalue weighted by Crippen LogP contribution is -2.24. The van der Waals surface area contributed by atoms with Gasteiger partial charge in [0.1, 0.15) is 0 Å². The molecule has 0 bridgehead atoms. The van der Waals surface area contributed by atoms with E-state index in [-0.39, 0.29) is 18.4 Å². The van der Waals surface area contributed by atoms with Crippen LogP contribution in [0, 0.1) is 5.92 Å². The summed E-state index contributed by atoms with van der Waals surface area (Å²) in [6, 6.07) is 8.08. The zero-order valence-electron chi connectivity index (χ0n) is 10.1. The number of aliphatic hydroxyl groups excluding tert-OH is 1. The number of fused-ring (bicyclic) bond motifs is 1. The smallest absolute Gasteiger partial charge is 0.223 e. The quantitative estimate of drug-likeness (QED) is 0.859. The Labute approximate surface area is 105 Å². The minimum Gasteiger partial charge on any atom is -0.396 e. The molecule has 1 fully saturated rings. The second-order valence-electron chi connectivity index (χ2n) is 4.89. The van der Waals surface area contributed by atoms with Crippen LogP contribution in [0.4, 0.5) is 0 Å². The Bertz CT molecular complexity index is 576. The maximum absolute atomic E-state index is 11.8. The highest BCUT2D eigenvalue weighted by Gasteiger charge is 2.29. The van der Waals surface area contributed by atoms with Gasteiger partial charge in [0.05, 0.1) is 0 Å².